The maximum Gasteiger partial charge on any atom is 0.326 e. The molecule has 0 aromatic carbocycles. The fourth-order valence-electron chi connectivity index (χ4n) is 1.91. The van der Waals surface area contributed by atoms with Crippen molar-refractivity contribution in [3.8, 4) is 0 Å². The highest BCUT2D eigenvalue weighted by molar-refractivity contribution is 5.82. The van der Waals surface area contributed by atoms with Crippen LogP contribution in [0.2, 0.25) is 0 Å². The lowest BCUT2D eigenvalue weighted by atomic mass is 9.93. The minimum Gasteiger partial charge on any atom is -0.480 e. The van der Waals surface area contributed by atoms with Crippen LogP contribution in [-0.4, -0.2) is 55.6 Å². The Morgan fingerprint density at radius 3 is 2.58 bits per heavy atom. The van der Waals surface area contributed by atoms with Gasteiger partial charge in [0, 0.05) is 38.9 Å². The van der Waals surface area contributed by atoms with Crippen LogP contribution in [-0.2, 0) is 14.3 Å². The van der Waals surface area contributed by atoms with Crippen LogP contribution in [0.1, 0.15) is 26.2 Å². The van der Waals surface area contributed by atoms with Crippen LogP contribution in [0.3, 0.4) is 0 Å². The second kappa shape index (κ2) is 7.30. The van der Waals surface area contributed by atoms with E-state index in [0.717, 1.165) is 12.8 Å². The molecule has 7 heteroatoms. The number of hydrogen-bond acceptors (Lipinski definition) is 4. The number of methoxy groups -OCH3 is 1. The molecule has 0 radical (unpaired) electrons. The predicted octanol–water partition coefficient (Wildman–Crippen LogP) is 0.344. The quantitative estimate of drug-likeness (QED) is 0.649. The molecule has 0 saturated carbocycles. The Morgan fingerprint density at radius 1 is 1.42 bits per heavy atom. The standard InChI is InChI=1S/C12H22N2O5/c1-12(4-7-19-8-5-12)14-11(17)13-9(10(15)16)3-6-18-2/h9H,3-8H2,1-2H3,(H,15,16)(H2,13,14,17). The van der Waals surface area contributed by atoms with Crippen LogP contribution in [0.25, 0.3) is 0 Å². The number of carboxylic acid groups (broad SMARTS) is 1. The smallest absolute Gasteiger partial charge is 0.326 e. The van der Waals surface area contributed by atoms with Crippen molar-refractivity contribution in [2.45, 2.75) is 37.8 Å². The summed E-state index contributed by atoms with van der Waals surface area (Å²) in [6.45, 7) is 3.41. The number of aliphatic carboxylic acids is 1. The molecule has 110 valence electrons. The van der Waals surface area contributed by atoms with E-state index < -0.39 is 18.0 Å². The third kappa shape index (κ3) is 5.44. The second-order valence-electron chi connectivity index (χ2n) is 4.94. The van der Waals surface area contributed by atoms with Crippen LogP contribution in [0.5, 0.6) is 0 Å². The Bertz CT molecular complexity index is 315. The summed E-state index contributed by atoms with van der Waals surface area (Å²) in [5, 5.41) is 14.3. The Kier molecular flexibility index (Phi) is 6.04. The van der Waals surface area contributed by atoms with E-state index in [4.69, 9.17) is 14.6 Å². The summed E-state index contributed by atoms with van der Waals surface area (Å²) in [6.07, 6.45) is 1.67. The van der Waals surface area contributed by atoms with Crippen molar-refractivity contribution in [2.24, 2.45) is 0 Å². The highest BCUT2D eigenvalue weighted by Gasteiger charge is 2.30. The molecular weight excluding hydrogens is 252 g/mol. The minimum absolute atomic E-state index is 0.235. The molecule has 1 aliphatic rings. The molecule has 7 nitrogen and oxygen atoms in total. The molecule has 1 aliphatic heterocycles. The van der Waals surface area contributed by atoms with Gasteiger partial charge in [0.2, 0.25) is 0 Å². The molecule has 19 heavy (non-hydrogen) atoms. The number of urea groups is 1. The number of amides is 2. The van der Waals surface area contributed by atoms with Gasteiger partial charge in [-0.25, -0.2) is 9.59 Å². The van der Waals surface area contributed by atoms with Crippen LogP contribution in [0, 0.1) is 0 Å². The van der Waals surface area contributed by atoms with Crippen molar-refractivity contribution in [1.29, 1.82) is 0 Å². The van der Waals surface area contributed by atoms with E-state index in [0.29, 0.717) is 13.2 Å². The summed E-state index contributed by atoms with van der Waals surface area (Å²) in [4.78, 5) is 22.8. The largest absolute Gasteiger partial charge is 0.480 e. The second-order valence-corrected chi connectivity index (χ2v) is 4.94. The van der Waals surface area contributed by atoms with E-state index in [9.17, 15) is 9.59 Å². The lowest BCUT2D eigenvalue weighted by molar-refractivity contribution is -0.139. The molecule has 1 rings (SSSR count). The summed E-state index contributed by atoms with van der Waals surface area (Å²) in [5.41, 5.74) is -0.341. The van der Waals surface area contributed by atoms with Crippen LogP contribution < -0.4 is 10.6 Å². The topological polar surface area (TPSA) is 96.9 Å². The van der Waals surface area contributed by atoms with Gasteiger partial charge in [0.05, 0.1) is 0 Å². The third-order valence-electron chi connectivity index (χ3n) is 3.23. The Labute approximate surface area is 112 Å². The van der Waals surface area contributed by atoms with Gasteiger partial charge in [-0.1, -0.05) is 0 Å². The number of hydrogen-bond donors (Lipinski definition) is 3. The fourth-order valence-corrected chi connectivity index (χ4v) is 1.91. The molecule has 1 atom stereocenters. The van der Waals surface area contributed by atoms with Gasteiger partial charge in [0.25, 0.3) is 0 Å². The number of ether oxygens (including phenoxy) is 2. The molecular formula is C12H22N2O5. The zero-order valence-electron chi connectivity index (χ0n) is 11.4. The summed E-state index contributed by atoms with van der Waals surface area (Å²) in [6, 6.07) is -1.41. The molecule has 2 amide bonds. The average molecular weight is 274 g/mol. The zero-order chi connectivity index (χ0) is 14.3. The summed E-state index contributed by atoms with van der Waals surface area (Å²) >= 11 is 0. The Balaban J connectivity index is 2.45. The highest BCUT2D eigenvalue weighted by Crippen LogP contribution is 2.19. The van der Waals surface area contributed by atoms with Crippen molar-refractivity contribution >= 4 is 12.0 Å². The average Bonchev–Trinajstić information content (AvgIpc) is 2.34. The minimum atomic E-state index is -1.07. The maximum absolute atomic E-state index is 11.8. The summed E-state index contributed by atoms with van der Waals surface area (Å²) < 4.78 is 10.1. The monoisotopic (exact) mass is 274 g/mol. The van der Waals surface area contributed by atoms with Gasteiger partial charge in [0.15, 0.2) is 0 Å². The van der Waals surface area contributed by atoms with Crippen molar-refractivity contribution in [2.75, 3.05) is 26.9 Å². The highest BCUT2D eigenvalue weighted by atomic mass is 16.5. The fraction of sp³-hybridized carbons (Fsp3) is 0.833. The number of carboxylic acids is 1. The van der Waals surface area contributed by atoms with Gasteiger partial charge < -0.3 is 25.2 Å². The van der Waals surface area contributed by atoms with Crippen molar-refractivity contribution < 1.29 is 24.2 Å². The number of carbonyl (C=O) groups is 2. The molecule has 1 unspecified atom stereocenters. The molecule has 0 aromatic heterocycles. The van der Waals surface area contributed by atoms with E-state index in [-0.39, 0.29) is 18.6 Å². The third-order valence-corrected chi connectivity index (χ3v) is 3.23. The van der Waals surface area contributed by atoms with Gasteiger partial charge in [-0.05, 0) is 19.8 Å². The number of carbonyl (C=O) groups excluding carboxylic acids is 1. The van der Waals surface area contributed by atoms with Gasteiger partial charge in [0.1, 0.15) is 6.04 Å². The Hall–Kier alpha value is -1.34. The van der Waals surface area contributed by atoms with Crippen molar-refractivity contribution in [1.82, 2.24) is 10.6 Å². The molecule has 3 N–H and O–H groups in total. The molecule has 0 aliphatic carbocycles. The first kappa shape index (κ1) is 15.7. The number of rotatable bonds is 6. The van der Waals surface area contributed by atoms with E-state index in [1.807, 2.05) is 6.92 Å². The lowest BCUT2D eigenvalue weighted by Crippen LogP contribution is -2.55. The van der Waals surface area contributed by atoms with Gasteiger partial charge in [-0.2, -0.15) is 0 Å². The van der Waals surface area contributed by atoms with Gasteiger partial charge >= 0.3 is 12.0 Å². The van der Waals surface area contributed by atoms with E-state index in [1.165, 1.54) is 7.11 Å². The first-order chi connectivity index (χ1) is 8.97. The zero-order valence-corrected chi connectivity index (χ0v) is 11.4. The predicted molar refractivity (Wildman–Crippen MR) is 68.0 cm³/mol. The first-order valence-corrected chi connectivity index (χ1v) is 6.35. The maximum atomic E-state index is 11.8. The van der Waals surface area contributed by atoms with Gasteiger partial charge in [-0.3, -0.25) is 0 Å². The van der Waals surface area contributed by atoms with E-state index in [2.05, 4.69) is 10.6 Å². The van der Waals surface area contributed by atoms with E-state index in [1.54, 1.807) is 0 Å². The molecule has 0 aromatic rings. The summed E-state index contributed by atoms with van der Waals surface area (Å²) in [7, 11) is 1.49. The summed E-state index contributed by atoms with van der Waals surface area (Å²) in [5.74, 6) is -1.07. The molecule has 1 fully saturated rings. The molecule has 1 saturated heterocycles. The van der Waals surface area contributed by atoms with Crippen LogP contribution in [0.15, 0.2) is 0 Å². The first-order valence-electron chi connectivity index (χ1n) is 6.35. The molecule has 0 bridgehead atoms. The van der Waals surface area contributed by atoms with Gasteiger partial charge in [-0.15, -0.1) is 0 Å². The van der Waals surface area contributed by atoms with E-state index >= 15 is 0 Å². The Morgan fingerprint density at radius 2 is 2.05 bits per heavy atom. The number of nitrogens with one attached hydrogen (secondary N) is 2. The van der Waals surface area contributed by atoms with Crippen molar-refractivity contribution in [3.05, 3.63) is 0 Å². The van der Waals surface area contributed by atoms with Crippen LogP contribution >= 0.6 is 0 Å². The van der Waals surface area contributed by atoms with Crippen molar-refractivity contribution in [3.63, 3.8) is 0 Å². The lowest BCUT2D eigenvalue weighted by Gasteiger charge is -2.34. The van der Waals surface area contributed by atoms with Crippen LogP contribution in [0.4, 0.5) is 4.79 Å². The molecule has 0 spiro atoms. The SMILES string of the molecule is COCCC(NC(=O)NC1(C)CCOCC1)C(=O)O. The molecule has 1 heterocycles. The normalized spacial score (nSPS) is 19.5.